The van der Waals surface area contributed by atoms with Gasteiger partial charge in [0.15, 0.2) is 6.04 Å². The van der Waals surface area contributed by atoms with Gasteiger partial charge >= 0.3 is 5.97 Å². The van der Waals surface area contributed by atoms with Gasteiger partial charge in [0.2, 0.25) is 0 Å². The minimum absolute atomic E-state index is 0.239. The van der Waals surface area contributed by atoms with Crippen LogP contribution in [-0.2, 0) is 16.0 Å². The van der Waals surface area contributed by atoms with Crippen molar-refractivity contribution in [3.8, 4) is 0 Å². The number of halogens is 2. The molecule has 0 aliphatic carbocycles. The molecule has 1 aliphatic heterocycles. The Balaban J connectivity index is 1.93. The van der Waals surface area contributed by atoms with E-state index in [4.69, 9.17) is 11.6 Å². The number of benzene rings is 3. The molecule has 1 heterocycles. The highest BCUT2D eigenvalue weighted by molar-refractivity contribution is 14.1. The van der Waals surface area contributed by atoms with Crippen molar-refractivity contribution in [2.45, 2.75) is 25.4 Å². The summed E-state index contributed by atoms with van der Waals surface area (Å²) in [4.78, 5) is 41.0. The molecule has 168 valence electrons. The highest BCUT2D eigenvalue weighted by Gasteiger charge is 2.43. The second-order valence-electron chi connectivity index (χ2n) is 7.68. The number of carboxylic acids is 1. The van der Waals surface area contributed by atoms with Crippen LogP contribution in [0.4, 0.5) is 5.69 Å². The van der Waals surface area contributed by atoms with Crippen molar-refractivity contribution in [2.24, 2.45) is 0 Å². The molecule has 0 fully saturated rings. The molecule has 8 heteroatoms. The third kappa shape index (κ3) is 4.60. The van der Waals surface area contributed by atoms with Crippen molar-refractivity contribution in [3.05, 3.63) is 97.6 Å². The first-order valence-electron chi connectivity index (χ1n) is 10.3. The maximum atomic E-state index is 13.9. The van der Waals surface area contributed by atoms with Crippen molar-refractivity contribution >= 4 is 57.7 Å². The number of amides is 2. The Labute approximate surface area is 209 Å². The second-order valence-corrected chi connectivity index (χ2v) is 9.36. The highest BCUT2D eigenvalue weighted by Crippen LogP contribution is 2.38. The number of fused-ring (bicyclic) bond motifs is 1. The van der Waals surface area contributed by atoms with Crippen LogP contribution in [0.3, 0.4) is 0 Å². The molecule has 0 spiro atoms. The Morgan fingerprint density at radius 2 is 1.76 bits per heavy atom. The number of anilines is 1. The zero-order valence-corrected chi connectivity index (χ0v) is 20.5. The number of aryl methyl sites for hydroxylation is 1. The van der Waals surface area contributed by atoms with E-state index in [0.717, 1.165) is 20.5 Å². The van der Waals surface area contributed by atoms with Crippen LogP contribution in [-0.4, -0.2) is 27.8 Å². The smallest absolute Gasteiger partial charge is 0.331 e. The Bertz CT molecular complexity index is 1230. The minimum atomic E-state index is -1.38. The molecule has 0 aromatic heterocycles. The lowest BCUT2D eigenvalue weighted by molar-refractivity contribution is -0.144. The first-order valence-corrected chi connectivity index (χ1v) is 11.8. The predicted molar refractivity (Wildman–Crippen MR) is 134 cm³/mol. The lowest BCUT2D eigenvalue weighted by Crippen LogP contribution is -2.44. The first kappa shape index (κ1) is 23.3. The van der Waals surface area contributed by atoms with Crippen molar-refractivity contribution < 1.29 is 19.5 Å². The molecule has 2 amide bonds. The van der Waals surface area contributed by atoms with Gasteiger partial charge in [-0.1, -0.05) is 54.9 Å². The normalized spacial score (nSPS) is 16.6. The summed E-state index contributed by atoms with van der Waals surface area (Å²) in [5.41, 5.74) is 2.50. The van der Waals surface area contributed by atoms with Gasteiger partial charge < -0.3 is 15.3 Å². The highest BCUT2D eigenvalue weighted by atomic mass is 127. The Kier molecular flexibility index (Phi) is 6.71. The number of carbonyl (C=O) groups is 3. The molecule has 1 aliphatic rings. The number of carboxylic acid groups (broad SMARTS) is 1. The van der Waals surface area contributed by atoms with Crippen LogP contribution in [0.1, 0.15) is 46.1 Å². The molecule has 0 radical (unpaired) electrons. The fourth-order valence-electron chi connectivity index (χ4n) is 3.97. The molecular formula is C25H20ClIN2O4. The van der Waals surface area contributed by atoms with Crippen LogP contribution in [0.5, 0.6) is 0 Å². The molecule has 0 saturated carbocycles. The van der Waals surface area contributed by atoms with E-state index >= 15 is 0 Å². The van der Waals surface area contributed by atoms with Gasteiger partial charge in [-0.05, 0) is 76.0 Å². The van der Waals surface area contributed by atoms with Gasteiger partial charge in [-0.3, -0.25) is 9.59 Å². The Hall–Kier alpha value is -2.91. The molecular weight excluding hydrogens is 555 g/mol. The van der Waals surface area contributed by atoms with Crippen molar-refractivity contribution in [1.82, 2.24) is 4.90 Å². The third-order valence-electron chi connectivity index (χ3n) is 5.63. The number of aliphatic carboxylic acids is 1. The number of carbonyl (C=O) groups excluding carboxylic acids is 2. The number of hydrogen-bond donors (Lipinski definition) is 2. The molecule has 33 heavy (non-hydrogen) atoms. The quantitative estimate of drug-likeness (QED) is 0.396. The predicted octanol–water partition coefficient (Wildman–Crippen LogP) is 5.47. The number of nitrogens with zero attached hydrogens (tertiary/aromatic N) is 1. The molecule has 3 aromatic carbocycles. The molecule has 2 atom stereocenters. The van der Waals surface area contributed by atoms with Crippen molar-refractivity contribution in [1.29, 1.82) is 0 Å². The van der Waals surface area contributed by atoms with E-state index in [1.807, 2.05) is 19.1 Å². The number of rotatable bonds is 5. The zero-order valence-electron chi connectivity index (χ0n) is 17.6. The summed E-state index contributed by atoms with van der Waals surface area (Å²) in [5, 5.41) is 13.5. The van der Waals surface area contributed by atoms with Crippen LogP contribution in [0.2, 0.25) is 5.02 Å². The molecule has 3 aromatic rings. The number of nitrogens with one attached hydrogen (secondary N) is 1. The minimum Gasteiger partial charge on any atom is -0.479 e. The van der Waals surface area contributed by atoms with Crippen LogP contribution in [0, 0.1) is 3.57 Å². The summed E-state index contributed by atoms with van der Waals surface area (Å²) < 4.78 is 0.790. The average molecular weight is 575 g/mol. The zero-order chi connectivity index (χ0) is 23.7. The fraction of sp³-hybridized carbons (Fsp3) is 0.160. The molecule has 4 rings (SSSR count). The van der Waals surface area contributed by atoms with E-state index in [1.54, 1.807) is 54.6 Å². The van der Waals surface area contributed by atoms with Gasteiger partial charge in [0.05, 0.1) is 11.3 Å². The van der Waals surface area contributed by atoms with Gasteiger partial charge in [-0.25, -0.2) is 4.79 Å². The first-order chi connectivity index (χ1) is 15.8. The third-order valence-corrected chi connectivity index (χ3v) is 6.56. The van der Waals surface area contributed by atoms with Gasteiger partial charge in [0.25, 0.3) is 11.8 Å². The average Bonchev–Trinajstić information content (AvgIpc) is 2.90. The Morgan fingerprint density at radius 1 is 1.09 bits per heavy atom. The van der Waals surface area contributed by atoms with Gasteiger partial charge in [0.1, 0.15) is 6.04 Å². The van der Waals surface area contributed by atoms with Crippen LogP contribution in [0.15, 0.2) is 66.7 Å². The lowest BCUT2D eigenvalue weighted by Gasteiger charge is -2.34. The number of hydrogen-bond acceptors (Lipinski definition) is 3. The topological polar surface area (TPSA) is 86.7 Å². The summed E-state index contributed by atoms with van der Waals surface area (Å²) in [6.45, 7) is 2.00. The van der Waals surface area contributed by atoms with E-state index in [-0.39, 0.29) is 5.56 Å². The maximum Gasteiger partial charge on any atom is 0.331 e. The van der Waals surface area contributed by atoms with Crippen molar-refractivity contribution in [2.75, 3.05) is 5.32 Å². The molecule has 2 N–H and O–H groups in total. The fourth-order valence-corrected chi connectivity index (χ4v) is 4.58. The van der Waals surface area contributed by atoms with E-state index in [2.05, 4.69) is 27.9 Å². The van der Waals surface area contributed by atoms with Crippen LogP contribution < -0.4 is 5.32 Å². The summed E-state index contributed by atoms with van der Waals surface area (Å²) in [6.07, 6.45) is 0.794. The lowest BCUT2D eigenvalue weighted by atomic mass is 9.97. The summed E-state index contributed by atoms with van der Waals surface area (Å²) in [5.74, 6) is -2.27. The van der Waals surface area contributed by atoms with Crippen LogP contribution >= 0.6 is 34.2 Å². The Morgan fingerprint density at radius 3 is 2.36 bits per heavy atom. The summed E-state index contributed by atoms with van der Waals surface area (Å²) in [6, 6.07) is 16.1. The second kappa shape index (κ2) is 9.52. The molecule has 2 unspecified atom stereocenters. The van der Waals surface area contributed by atoms with Gasteiger partial charge in [0, 0.05) is 8.59 Å². The van der Waals surface area contributed by atoms with E-state index in [1.165, 1.54) is 0 Å². The molecule has 0 saturated heterocycles. The molecule has 6 nitrogen and oxygen atoms in total. The summed E-state index contributed by atoms with van der Waals surface area (Å²) >= 11 is 8.11. The van der Waals surface area contributed by atoms with Crippen LogP contribution in [0.25, 0.3) is 0 Å². The van der Waals surface area contributed by atoms with E-state index < -0.39 is 29.9 Å². The largest absolute Gasteiger partial charge is 0.479 e. The van der Waals surface area contributed by atoms with E-state index in [9.17, 15) is 19.5 Å². The van der Waals surface area contributed by atoms with Gasteiger partial charge in [-0.2, -0.15) is 0 Å². The standard InChI is InChI=1S/C25H20ClIN2O4/c1-2-14-3-5-16(6-4-14)22(25(32)33)29-21(15-7-9-17(26)10-8-15)23(30)28-20-12-11-18(27)13-19(20)24(29)31/h3-13,21-22H,2H2,1H3,(H,28,30)(H,32,33). The SMILES string of the molecule is CCc1ccc(C(C(=O)O)N2C(=O)c3cc(I)ccc3NC(=O)C2c2ccc(Cl)cc2)cc1. The monoisotopic (exact) mass is 574 g/mol. The van der Waals surface area contributed by atoms with Gasteiger partial charge in [-0.15, -0.1) is 0 Å². The van der Waals surface area contributed by atoms with E-state index in [0.29, 0.717) is 21.8 Å². The maximum absolute atomic E-state index is 13.9. The van der Waals surface area contributed by atoms with Crippen molar-refractivity contribution in [3.63, 3.8) is 0 Å². The molecule has 0 bridgehead atoms. The summed E-state index contributed by atoms with van der Waals surface area (Å²) in [7, 11) is 0.